The summed E-state index contributed by atoms with van der Waals surface area (Å²) in [5.41, 5.74) is 3.23. The van der Waals surface area contributed by atoms with Gasteiger partial charge in [-0.1, -0.05) is 48.5 Å². The topological polar surface area (TPSA) is 66.5 Å². The van der Waals surface area contributed by atoms with Crippen molar-refractivity contribution in [3.8, 4) is 0 Å². The summed E-state index contributed by atoms with van der Waals surface area (Å²) in [6, 6.07) is 19.4. The summed E-state index contributed by atoms with van der Waals surface area (Å²) in [5.74, 6) is -0.127. The number of carbonyl (C=O) groups is 1. The third-order valence-electron chi connectivity index (χ3n) is 5.08. The second kappa shape index (κ2) is 7.28. The van der Waals surface area contributed by atoms with Gasteiger partial charge in [0.15, 0.2) is 0 Å². The van der Waals surface area contributed by atoms with Crippen molar-refractivity contribution in [2.75, 3.05) is 22.4 Å². The number of rotatable bonds is 4. The lowest BCUT2D eigenvalue weighted by atomic mass is 10.0. The van der Waals surface area contributed by atoms with Crippen molar-refractivity contribution in [3.63, 3.8) is 0 Å². The van der Waals surface area contributed by atoms with Crippen LogP contribution in [0.3, 0.4) is 0 Å². The van der Waals surface area contributed by atoms with Gasteiger partial charge in [-0.2, -0.15) is 0 Å². The minimum atomic E-state index is -3.34. The van der Waals surface area contributed by atoms with Crippen LogP contribution in [0.25, 0.3) is 10.8 Å². The van der Waals surface area contributed by atoms with Crippen LogP contribution in [-0.2, 0) is 27.7 Å². The summed E-state index contributed by atoms with van der Waals surface area (Å²) >= 11 is 0. The van der Waals surface area contributed by atoms with Gasteiger partial charge in [0.05, 0.1) is 18.4 Å². The van der Waals surface area contributed by atoms with Crippen LogP contribution >= 0.6 is 0 Å². The van der Waals surface area contributed by atoms with Crippen LogP contribution in [0.15, 0.2) is 60.7 Å². The number of fused-ring (bicyclic) bond motifs is 2. The quantitative estimate of drug-likeness (QED) is 0.733. The van der Waals surface area contributed by atoms with E-state index >= 15 is 0 Å². The van der Waals surface area contributed by atoms with Gasteiger partial charge in [-0.25, -0.2) is 8.42 Å². The number of aryl methyl sites for hydroxylation is 1. The lowest BCUT2D eigenvalue weighted by Gasteiger charge is -2.29. The van der Waals surface area contributed by atoms with Gasteiger partial charge in [0.1, 0.15) is 0 Å². The van der Waals surface area contributed by atoms with Gasteiger partial charge in [0.2, 0.25) is 15.9 Å². The van der Waals surface area contributed by atoms with Crippen LogP contribution in [0.4, 0.5) is 11.4 Å². The Morgan fingerprint density at radius 3 is 2.68 bits per heavy atom. The summed E-state index contributed by atoms with van der Waals surface area (Å²) in [6.45, 7) is 0.471. The summed E-state index contributed by atoms with van der Waals surface area (Å²) in [6.07, 6.45) is 3.11. The molecule has 4 rings (SSSR count). The first-order chi connectivity index (χ1) is 13.4. The standard InChI is InChI=1S/C22H22N2O3S/c1-28(26,27)24-13-5-9-17-11-12-19(15-21(17)24)23-22(25)14-18-8-4-7-16-6-2-3-10-20(16)18/h2-4,6-8,10-12,15H,5,9,13-14H2,1H3,(H,23,25). The van der Waals surface area contributed by atoms with E-state index in [1.54, 1.807) is 6.07 Å². The normalized spacial score (nSPS) is 14.0. The van der Waals surface area contributed by atoms with E-state index in [1.807, 2.05) is 54.6 Å². The van der Waals surface area contributed by atoms with Gasteiger partial charge >= 0.3 is 0 Å². The molecule has 6 heteroatoms. The molecule has 0 saturated heterocycles. The zero-order valence-electron chi connectivity index (χ0n) is 15.7. The number of hydrogen-bond acceptors (Lipinski definition) is 3. The van der Waals surface area contributed by atoms with Gasteiger partial charge in [-0.15, -0.1) is 0 Å². The molecule has 28 heavy (non-hydrogen) atoms. The predicted octanol–water partition coefficient (Wildman–Crippen LogP) is 3.73. The molecule has 1 amide bonds. The van der Waals surface area contributed by atoms with Crippen LogP contribution in [0.5, 0.6) is 0 Å². The van der Waals surface area contributed by atoms with Gasteiger partial charge in [-0.05, 0) is 46.9 Å². The highest BCUT2D eigenvalue weighted by Crippen LogP contribution is 2.31. The smallest absolute Gasteiger partial charge is 0.232 e. The fourth-order valence-electron chi connectivity index (χ4n) is 3.79. The predicted molar refractivity (Wildman–Crippen MR) is 113 cm³/mol. The van der Waals surface area contributed by atoms with Crippen molar-refractivity contribution >= 4 is 38.1 Å². The molecule has 0 atom stereocenters. The van der Waals surface area contributed by atoms with Crippen LogP contribution in [-0.4, -0.2) is 27.1 Å². The molecule has 0 aliphatic carbocycles. The van der Waals surface area contributed by atoms with Gasteiger partial charge in [0, 0.05) is 12.2 Å². The number of benzene rings is 3. The molecule has 3 aromatic rings. The maximum atomic E-state index is 12.6. The molecule has 0 fully saturated rings. The lowest BCUT2D eigenvalue weighted by molar-refractivity contribution is -0.115. The van der Waals surface area contributed by atoms with E-state index in [1.165, 1.54) is 10.6 Å². The molecule has 1 aliphatic heterocycles. The van der Waals surface area contributed by atoms with E-state index in [-0.39, 0.29) is 12.3 Å². The molecule has 0 radical (unpaired) electrons. The second-order valence-corrected chi connectivity index (χ2v) is 9.05. The number of amides is 1. The fraction of sp³-hybridized carbons (Fsp3) is 0.227. The van der Waals surface area contributed by atoms with E-state index in [2.05, 4.69) is 5.32 Å². The van der Waals surface area contributed by atoms with Crippen LogP contribution < -0.4 is 9.62 Å². The maximum Gasteiger partial charge on any atom is 0.232 e. The number of carbonyl (C=O) groups excluding carboxylic acids is 1. The molecule has 3 aromatic carbocycles. The van der Waals surface area contributed by atoms with E-state index in [0.29, 0.717) is 17.9 Å². The first kappa shape index (κ1) is 18.5. The molecule has 0 saturated carbocycles. The average Bonchev–Trinajstić information content (AvgIpc) is 2.67. The van der Waals surface area contributed by atoms with Crippen molar-refractivity contribution in [2.24, 2.45) is 0 Å². The van der Waals surface area contributed by atoms with Gasteiger partial charge < -0.3 is 5.32 Å². The molecule has 0 unspecified atom stereocenters. The lowest BCUT2D eigenvalue weighted by Crippen LogP contribution is -2.34. The van der Waals surface area contributed by atoms with E-state index in [4.69, 9.17) is 0 Å². The van der Waals surface area contributed by atoms with Crippen molar-refractivity contribution in [2.45, 2.75) is 19.3 Å². The zero-order valence-corrected chi connectivity index (χ0v) is 16.5. The molecule has 1 heterocycles. The molecule has 1 N–H and O–H groups in total. The number of anilines is 2. The molecule has 0 bridgehead atoms. The Morgan fingerprint density at radius 2 is 1.86 bits per heavy atom. The van der Waals surface area contributed by atoms with E-state index in [0.717, 1.165) is 34.7 Å². The summed E-state index contributed by atoms with van der Waals surface area (Å²) < 4.78 is 25.6. The fourth-order valence-corrected chi connectivity index (χ4v) is 4.78. The van der Waals surface area contributed by atoms with Crippen molar-refractivity contribution in [1.29, 1.82) is 0 Å². The first-order valence-electron chi connectivity index (χ1n) is 9.29. The van der Waals surface area contributed by atoms with Gasteiger partial charge in [0.25, 0.3) is 0 Å². The van der Waals surface area contributed by atoms with Crippen molar-refractivity contribution < 1.29 is 13.2 Å². The van der Waals surface area contributed by atoms with E-state index < -0.39 is 10.0 Å². The first-order valence-corrected chi connectivity index (χ1v) is 11.1. The molecule has 0 spiro atoms. The van der Waals surface area contributed by atoms with Crippen molar-refractivity contribution in [1.82, 2.24) is 0 Å². The summed E-state index contributed by atoms with van der Waals surface area (Å²) in [4.78, 5) is 12.6. The highest BCUT2D eigenvalue weighted by molar-refractivity contribution is 7.92. The zero-order chi connectivity index (χ0) is 19.7. The highest BCUT2D eigenvalue weighted by Gasteiger charge is 2.24. The average molecular weight is 394 g/mol. The third kappa shape index (κ3) is 3.73. The Morgan fingerprint density at radius 1 is 1.07 bits per heavy atom. The van der Waals surface area contributed by atoms with Crippen molar-refractivity contribution in [3.05, 3.63) is 71.8 Å². The Kier molecular flexibility index (Phi) is 4.81. The minimum Gasteiger partial charge on any atom is -0.326 e. The number of hydrogen-bond donors (Lipinski definition) is 1. The minimum absolute atomic E-state index is 0.127. The summed E-state index contributed by atoms with van der Waals surface area (Å²) in [5, 5.41) is 5.08. The Bertz CT molecular complexity index is 1150. The summed E-state index contributed by atoms with van der Waals surface area (Å²) in [7, 11) is -3.34. The van der Waals surface area contributed by atoms with Crippen LogP contribution in [0.1, 0.15) is 17.5 Å². The maximum absolute atomic E-state index is 12.6. The SMILES string of the molecule is CS(=O)(=O)N1CCCc2ccc(NC(=O)Cc3cccc4ccccc34)cc21. The van der Waals surface area contributed by atoms with Crippen LogP contribution in [0, 0.1) is 0 Å². The third-order valence-corrected chi connectivity index (χ3v) is 6.26. The van der Waals surface area contributed by atoms with E-state index in [9.17, 15) is 13.2 Å². The molecular weight excluding hydrogens is 372 g/mol. The highest BCUT2D eigenvalue weighted by atomic mass is 32.2. The van der Waals surface area contributed by atoms with Crippen LogP contribution in [0.2, 0.25) is 0 Å². The molecule has 0 aromatic heterocycles. The second-order valence-electron chi connectivity index (χ2n) is 7.15. The molecule has 144 valence electrons. The number of nitrogens with zero attached hydrogens (tertiary/aromatic N) is 1. The molecule has 5 nitrogen and oxygen atoms in total. The Labute approximate surface area is 165 Å². The molecule has 1 aliphatic rings. The Hall–Kier alpha value is -2.86. The number of nitrogens with one attached hydrogen (secondary N) is 1. The Balaban J connectivity index is 1.57. The molecular formula is C22H22N2O3S. The van der Waals surface area contributed by atoms with Gasteiger partial charge in [-0.3, -0.25) is 9.10 Å². The largest absolute Gasteiger partial charge is 0.326 e. The monoisotopic (exact) mass is 394 g/mol. The number of sulfonamides is 1.